The fourth-order valence-electron chi connectivity index (χ4n) is 1.66. The second-order valence-electron chi connectivity index (χ2n) is 3.23. The Labute approximate surface area is 85.8 Å². The number of hydrazine groups is 1. The van der Waals surface area contributed by atoms with Crippen molar-refractivity contribution < 1.29 is 9.47 Å². The van der Waals surface area contributed by atoms with Crippen molar-refractivity contribution in [1.29, 1.82) is 0 Å². The Balaban J connectivity index is 2.33. The lowest BCUT2D eigenvalue weighted by Gasteiger charge is -2.05. The van der Waals surface area contributed by atoms with Gasteiger partial charge in [-0.25, -0.2) is 0 Å². The van der Waals surface area contributed by atoms with Crippen molar-refractivity contribution >= 4 is 16.6 Å². The van der Waals surface area contributed by atoms with Crippen LogP contribution in [-0.4, -0.2) is 11.8 Å². The summed E-state index contributed by atoms with van der Waals surface area (Å²) in [6.45, 7) is 0.261. The minimum absolute atomic E-state index is 0.261. The maximum absolute atomic E-state index is 5.41. The van der Waals surface area contributed by atoms with Gasteiger partial charge in [-0.15, -0.1) is 0 Å². The molecule has 76 valence electrons. The minimum atomic E-state index is 0.261. The van der Waals surface area contributed by atoms with Crippen LogP contribution in [0.1, 0.15) is 0 Å². The highest BCUT2D eigenvalue weighted by Crippen LogP contribution is 2.37. The summed E-state index contributed by atoms with van der Waals surface area (Å²) in [4.78, 5) is 4.24. The van der Waals surface area contributed by atoms with E-state index in [0.717, 1.165) is 28.1 Å². The van der Waals surface area contributed by atoms with Gasteiger partial charge in [0.1, 0.15) is 0 Å². The van der Waals surface area contributed by atoms with E-state index in [9.17, 15) is 0 Å². The Hall–Kier alpha value is -2.01. The molecule has 3 N–H and O–H groups in total. The van der Waals surface area contributed by atoms with Gasteiger partial charge < -0.3 is 14.9 Å². The summed E-state index contributed by atoms with van der Waals surface area (Å²) >= 11 is 0. The van der Waals surface area contributed by atoms with Gasteiger partial charge in [0.15, 0.2) is 11.5 Å². The Morgan fingerprint density at radius 1 is 1.27 bits per heavy atom. The number of nitrogen functional groups attached to an aromatic ring is 1. The number of nitrogens with two attached hydrogens (primary N) is 1. The Morgan fingerprint density at radius 2 is 2.07 bits per heavy atom. The van der Waals surface area contributed by atoms with Gasteiger partial charge in [-0.2, -0.15) is 0 Å². The molecule has 1 aromatic carbocycles. The third-order valence-electron chi connectivity index (χ3n) is 2.39. The minimum Gasteiger partial charge on any atom is -0.454 e. The van der Waals surface area contributed by atoms with Gasteiger partial charge in [0.25, 0.3) is 0 Å². The molecule has 0 amide bonds. The van der Waals surface area contributed by atoms with Crippen molar-refractivity contribution in [2.24, 2.45) is 5.84 Å². The molecule has 0 saturated heterocycles. The number of anilines is 1. The highest BCUT2D eigenvalue weighted by atomic mass is 16.7. The Kier molecular flexibility index (Phi) is 1.66. The van der Waals surface area contributed by atoms with E-state index in [0.29, 0.717) is 0 Å². The number of fused-ring (bicyclic) bond motifs is 2. The lowest BCUT2D eigenvalue weighted by atomic mass is 10.1. The largest absolute Gasteiger partial charge is 0.454 e. The van der Waals surface area contributed by atoms with E-state index in [1.807, 2.05) is 18.2 Å². The summed E-state index contributed by atoms with van der Waals surface area (Å²) in [5, 5.41) is 0.921. The van der Waals surface area contributed by atoms with Crippen LogP contribution in [0.4, 0.5) is 5.69 Å². The second-order valence-corrected chi connectivity index (χ2v) is 3.23. The zero-order valence-electron chi connectivity index (χ0n) is 7.86. The van der Waals surface area contributed by atoms with E-state index in [-0.39, 0.29) is 6.79 Å². The maximum Gasteiger partial charge on any atom is 0.231 e. The molecule has 0 unspecified atom stereocenters. The number of nitrogens with one attached hydrogen (secondary N) is 1. The van der Waals surface area contributed by atoms with Gasteiger partial charge in [-0.05, 0) is 12.1 Å². The van der Waals surface area contributed by atoms with Crippen LogP contribution in [0.25, 0.3) is 10.9 Å². The molecule has 1 aliphatic heterocycles. The Bertz CT molecular complexity index is 527. The van der Waals surface area contributed by atoms with E-state index < -0.39 is 0 Å². The van der Waals surface area contributed by atoms with Crippen LogP contribution < -0.4 is 20.7 Å². The van der Waals surface area contributed by atoms with Crippen LogP contribution >= 0.6 is 0 Å². The monoisotopic (exact) mass is 203 g/mol. The summed E-state index contributed by atoms with van der Waals surface area (Å²) in [5.41, 5.74) is 4.27. The molecule has 0 bridgehead atoms. The van der Waals surface area contributed by atoms with E-state index in [1.165, 1.54) is 0 Å². The topological polar surface area (TPSA) is 69.4 Å². The van der Waals surface area contributed by atoms with Crippen molar-refractivity contribution in [3.8, 4) is 11.5 Å². The third-order valence-corrected chi connectivity index (χ3v) is 2.39. The van der Waals surface area contributed by atoms with Crippen molar-refractivity contribution in [2.75, 3.05) is 12.2 Å². The fourth-order valence-corrected chi connectivity index (χ4v) is 1.66. The lowest BCUT2D eigenvalue weighted by molar-refractivity contribution is 0.174. The number of aromatic nitrogens is 1. The van der Waals surface area contributed by atoms with Crippen LogP contribution in [0.2, 0.25) is 0 Å². The second kappa shape index (κ2) is 2.99. The van der Waals surface area contributed by atoms with E-state index in [2.05, 4.69) is 10.4 Å². The summed E-state index contributed by atoms with van der Waals surface area (Å²) < 4.78 is 10.6. The molecule has 1 aliphatic rings. The normalized spacial score (nSPS) is 13.1. The number of ether oxygens (including phenoxy) is 2. The van der Waals surface area contributed by atoms with Crippen LogP contribution in [0.5, 0.6) is 11.5 Å². The first-order valence-corrected chi connectivity index (χ1v) is 4.53. The fraction of sp³-hybridized carbons (Fsp3) is 0.100. The molecule has 0 spiro atoms. The van der Waals surface area contributed by atoms with Crippen LogP contribution in [0.15, 0.2) is 24.4 Å². The van der Waals surface area contributed by atoms with E-state index in [1.54, 1.807) is 6.20 Å². The zero-order valence-corrected chi connectivity index (χ0v) is 7.86. The molecule has 1 aromatic heterocycles. The average molecular weight is 203 g/mol. The van der Waals surface area contributed by atoms with Crippen LogP contribution in [0, 0.1) is 0 Å². The summed E-state index contributed by atoms with van der Waals surface area (Å²) in [6.07, 6.45) is 1.69. The molecule has 3 rings (SSSR count). The predicted octanol–water partition coefficient (Wildman–Crippen LogP) is 1.25. The first kappa shape index (κ1) is 8.31. The first-order valence-electron chi connectivity index (χ1n) is 4.53. The molecular formula is C10H9N3O2. The predicted molar refractivity (Wildman–Crippen MR) is 55.7 cm³/mol. The van der Waals surface area contributed by atoms with Gasteiger partial charge in [-0.3, -0.25) is 10.8 Å². The molecule has 0 aliphatic carbocycles. The standard InChI is InChI=1S/C10H9N3O2/c11-13-7-1-2-12-8-4-10-9(3-6(7)8)14-5-15-10/h1-4H,5,11H2,(H,12,13). The van der Waals surface area contributed by atoms with Crippen molar-refractivity contribution in [2.45, 2.75) is 0 Å². The molecular weight excluding hydrogens is 194 g/mol. The van der Waals surface area contributed by atoms with E-state index in [4.69, 9.17) is 15.3 Å². The summed E-state index contributed by atoms with van der Waals surface area (Å²) in [6, 6.07) is 5.53. The number of nitrogens with zero attached hydrogens (tertiary/aromatic N) is 1. The molecule has 2 heterocycles. The molecule has 2 aromatic rings. The SMILES string of the molecule is NNc1ccnc2cc3c(cc12)OCO3. The van der Waals surface area contributed by atoms with Crippen molar-refractivity contribution in [1.82, 2.24) is 4.98 Å². The first-order chi connectivity index (χ1) is 7.38. The van der Waals surface area contributed by atoms with Gasteiger partial charge in [0.2, 0.25) is 6.79 Å². The smallest absolute Gasteiger partial charge is 0.231 e. The van der Waals surface area contributed by atoms with Gasteiger partial charge in [-0.1, -0.05) is 0 Å². The molecule has 0 fully saturated rings. The maximum atomic E-state index is 5.41. The van der Waals surface area contributed by atoms with Crippen molar-refractivity contribution in [3.63, 3.8) is 0 Å². The molecule has 0 saturated carbocycles. The average Bonchev–Trinajstić information content (AvgIpc) is 2.72. The van der Waals surface area contributed by atoms with Gasteiger partial charge in [0, 0.05) is 17.6 Å². The lowest BCUT2D eigenvalue weighted by Crippen LogP contribution is -2.07. The third kappa shape index (κ3) is 1.17. The number of hydrogen-bond donors (Lipinski definition) is 2. The molecule has 0 atom stereocenters. The van der Waals surface area contributed by atoms with E-state index >= 15 is 0 Å². The molecule has 5 nitrogen and oxygen atoms in total. The molecule has 5 heteroatoms. The van der Waals surface area contributed by atoms with Crippen molar-refractivity contribution in [3.05, 3.63) is 24.4 Å². The van der Waals surface area contributed by atoms with Crippen LogP contribution in [0.3, 0.4) is 0 Å². The summed E-state index contributed by atoms with van der Waals surface area (Å²) in [7, 11) is 0. The number of rotatable bonds is 1. The highest BCUT2D eigenvalue weighted by Gasteiger charge is 2.15. The number of pyridine rings is 1. The molecule has 15 heavy (non-hydrogen) atoms. The zero-order chi connectivity index (χ0) is 10.3. The number of benzene rings is 1. The van der Waals surface area contributed by atoms with Gasteiger partial charge >= 0.3 is 0 Å². The van der Waals surface area contributed by atoms with Crippen LogP contribution in [-0.2, 0) is 0 Å². The Morgan fingerprint density at radius 3 is 2.87 bits per heavy atom. The number of hydrogen-bond acceptors (Lipinski definition) is 5. The quantitative estimate of drug-likeness (QED) is 0.539. The molecule has 0 radical (unpaired) electrons. The van der Waals surface area contributed by atoms with Gasteiger partial charge in [0.05, 0.1) is 11.2 Å². The summed E-state index contributed by atoms with van der Waals surface area (Å²) in [5.74, 6) is 6.87. The highest BCUT2D eigenvalue weighted by molar-refractivity contribution is 5.93.